The molecular weight excluding hydrogens is 158 g/mol. The van der Waals surface area contributed by atoms with Gasteiger partial charge >= 0.3 is 0 Å². The average molecular weight is 171 g/mol. The van der Waals surface area contributed by atoms with Gasteiger partial charge in [0.25, 0.3) is 0 Å². The van der Waals surface area contributed by atoms with Crippen LogP contribution in [0.2, 0.25) is 0 Å². The highest BCUT2D eigenvalue weighted by molar-refractivity contribution is 7.14. The smallest absolute Gasteiger partial charge is 0.187 e. The average Bonchev–Trinajstić information content (AvgIpc) is 2.34. The van der Waals surface area contributed by atoms with Gasteiger partial charge in [0.2, 0.25) is 0 Å². The molecule has 0 bridgehead atoms. The maximum atomic E-state index is 5.49. The van der Waals surface area contributed by atoms with E-state index < -0.39 is 0 Å². The molecule has 1 aromatic heterocycles. The number of nitrogens with zero attached hydrogens (tertiary/aromatic N) is 2. The molecule has 0 saturated heterocycles. The van der Waals surface area contributed by atoms with Crippen molar-refractivity contribution in [2.45, 2.75) is 19.9 Å². The van der Waals surface area contributed by atoms with E-state index in [1.807, 2.05) is 12.4 Å². The monoisotopic (exact) mass is 171 g/mol. The first-order valence-corrected chi connectivity index (χ1v) is 4.43. The van der Waals surface area contributed by atoms with Crippen LogP contribution < -0.4 is 10.6 Å². The van der Waals surface area contributed by atoms with Gasteiger partial charge in [0.1, 0.15) is 5.82 Å². The summed E-state index contributed by atoms with van der Waals surface area (Å²) in [7, 11) is 2.02. The van der Waals surface area contributed by atoms with E-state index in [-0.39, 0.29) is 0 Å². The van der Waals surface area contributed by atoms with Crippen LogP contribution in [0.4, 0.5) is 10.9 Å². The summed E-state index contributed by atoms with van der Waals surface area (Å²) in [6, 6.07) is 0.473. The molecule has 1 heterocycles. The minimum absolute atomic E-state index is 0.473. The van der Waals surface area contributed by atoms with Crippen molar-refractivity contribution in [1.29, 1.82) is 0 Å². The van der Waals surface area contributed by atoms with Gasteiger partial charge in [0.15, 0.2) is 5.13 Å². The Morgan fingerprint density at radius 3 is 2.64 bits per heavy atom. The summed E-state index contributed by atoms with van der Waals surface area (Å²) >= 11 is 1.58. The van der Waals surface area contributed by atoms with E-state index in [4.69, 9.17) is 5.73 Å². The molecule has 0 atom stereocenters. The van der Waals surface area contributed by atoms with Gasteiger partial charge in [-0.1, -0.05) is 0 Å². The fraction of sp³-hybridized carbons (Fsp3) is 0.571. The lowest BCUT2D eigenvalue weighted by Crippen LogP contribution is -2.25. The Hall–Kier alpha value is -0.770. The predicted molar refractivity (Wildman–Crippen MR) is 50.1 cm³/mol. The third-order valence-corrected chi connectivity index (χ3v) is 2.54. The summed E-state index contributed by atoms with van der Waals surface area (Å²) in [5, 5.41) is 2.84. The molecule has 4 heteroatoms. The van der Waals surface area contributed by atoms with Crippen LogP contribution in [0.15, 0.2) is 5.38 Å². The number of anilines is 2. The molecule has 0 aliphatic carbocycles. The van der Waals surface area contributed by atoms with E-state index in [1.165, 1.54) is 0 Å². The van der Waals surface area contributed by atoms with Gasteiger partial charge in [-0.15, -0.1) is 11.3 Å². The second-order valence-electron chi connectivity index (χ2n) is 2.76. The normalized spacial score (nSPS) is 10.5. The van der Waals surface area contributed by atoms with Gasteiger partial charge in [-0.25, -0.2) is 4.98 Å². The van der Waals surface area contributed by atoms with E-state index in [2.05, 4.69) is 23.7 Å². The molecule has 0 aromatic carbocycles. The Morgan fingerprint density at radius 1 is 1.64 bits per heavy atom. The molecule has 0 unspecified atom stereocenters. The standard InChI is InChI=1S/C7H13N3S/c1-5(2)10(3)7-9-6(8)4-11-7/h4-5H,8H2,1-3H3. The van der Waals surface area contributed by atoms with Gasteiger partial charge in [0.05, 0.1) is 0 Å². The summed E-state index contributed by atoms with van der Waals surface area (Å²) < 4.78 is 0. The lowest BCUT2D eigenvalue weighted by Gasteiger charge is -2.19. The van der Waals surface area contributed by atoms with E-state index in [9.17, 15) is 0 Å². The first kappa shape index (κ1) is 8.33. The Kier molecular flexibility index (Phi) is 2.34. The molecule has 3 nitrogen and oxygen atoms in total. The van der Waals surface area contributed by atoms with Crippen molar-refractivity contribution >= 4 is 22.3 Å². The maximum absolute atomic E-state index is 5.49. The number of rotatable bonds is 2. The first-order valence-electron chi connectivity index (χ1n) is 3.55. The fourth-order valence-electron chi connectivity index (χ4n) is 0.659. The molecule has 0 amide bonds. The van der Waals surface area contributed by atoms with Crippen LogP contribution in [0.5, 0.6) is 0 Å². The quantitative estimate of drug-likeness (QED) is 0.734. The van der Waals surface area contributed by atoms with Crippen molar-refractivity contribution in [2.24, 2.45) is 0 Å². The lowest BCUT2D eigenvalue weighted by molar-refractivity contribution is 0.752. The van der Waals surface area contributed by atoms with Crippen molar-refractivity contribution in [3.8, 4) is 0 Å². The molecule has 62 valence electrons. The largest absolute Gasteiger partial charge is 0.383 e. The van der Waals surface area contributed by atoms with Crippen molar-refractivity contribution in [3.63, 3.8) is 0 Å². The highest BCUT2D eigenvalue weighted by atomic mass is 32.1. The number of nitrogen functional groups attached to an aromatic ring is 1. The third kappa shape index (κ3) is 1.83. The van der Waals surface area contributed by atoms with E-state index in [0.29, 0.717) is 11.9 Å². The van der Waals surface area contributed by atoms with Gasteiger partial charge < -0.3 is 10.6 Å². The fourth-order valence-corrected chi connectivity index (χ4v) is 1.47. The van der Waals surface area contributed by atoms with Crippen LogP contribution in [0, 0.1) is 0 Å². The van der Waals surface area contributed by atoms with Gasteiger partial charge in [0, 0.05) is 18.5 Å². The second kappa shape index (κ2) is 3.09. The van der Waals surface area contributed by atoms with Crippen LogP contribution in [0.25, 0.3) is 0 Å². The number of hydrogen-bond acceptors (Lipinski definition) is 4. The molecule has 11 heavy (non-hydrogen) atoms. The molecule has 0 fully saturated rings. The van der Waals surface area contributed by atoms with E-state index in [1.54, 1.807) is 11.3 Å². The number of nitrogens with two attached hydrogens (primary N) is 1. The van der Waals surface area contributed by atoms with Crippen molar-refractivity contribution < 1.29 is 0 Å². The van der Waals surface area contributed by atoms with Gasteiger partial charge in [-0.3, -0.25) is 0 Å². The molecule has 2 N–H and O–H groups in total. The zero-order valence-electron chi connectivity index (χ0n) is 7.03. The zero-order chi connectivity index (χ0) is 8.43. The van der Waals surface area contributed by atoms with Crippen LogP contribution in [-0.2, 0) is 0 Å². The van der Waals surface area contributed by atoms with Gasteiger partial charge in [-0.05, 0) is 13.8 Å². The van der Waals surface area contributed by atoms with Gasteiger partial charge in [-0.2, -0.15) is 0 Å². The van der Waals surface area contributed by atoms with Crippen molar-refractivity contribution in [2.75, 3.05) is 17.7 Å². The van der Waals surface area contributed by atoms with E-state index in [0.717, 1.165) is 5.13 Å². The van der Waals surface area contributed by atoms with Crippen molar-refractivity contribution in [1.82, 2.24) is 4.98 Å². The molecule has 1 rings (SSSR count). The Balaban J connectivity index is 2.76. The Labute approximate surface area is 70.9 Å². The summed E-state index contributed by atoms with van der Waals surface area (Å²) in [4.78, 5) is 6.25. The zero-order valence-corrected chi connectivity index (χ0v) is 7.85. The first-order chi connectivity index (χ1) is 5.11. The molecule has 0 saturated carbocycles. The molecular formula is C7H13N3S. The molecule has 0 aliphatic heterocycles. The number of aromatic nitrogens is 1. The molecule has 0 radical (unpaired) electrons. The summed E-state index contributed by atoms with van der Waals surface area (Å²) in [5.41, 5.74) is 5.49. The predicted octanol–water partition coefficient (Wildman–Crippen LogP) is 1.57. The minimum Gasteiger partial charge on any atom is -0.383 e. The summed E-state index contributed by atoms with van der Waals surface area (Å²) in [5.74, 6) is 0.609. The summed E-state index contributed by atoms with van der Waals surface area (Å²) in [6.07, 6.45) is 0. The van der Waals surface area contributed by atoms with Crippen molar-refractivity contribution in [3.05, 3.63) is 5.38 Å². The topological polar surface area (TPSA) is 42.2 Å². The SMILES string of the molecule is CC(C)N(C)c1nc(N)cs1. The second-order valence-corrected chi connectivity index (χ2v) is 3.60. The highest BCUT2D eigenvalue weighted by Crippen LogP contribution is 2.21. The number of thiazole rings is 1. The molecule has 1 aromatic rings. The minimum atomic E-state index is 0.473. The highest BCUT2D eigenvalue weighted by Gasteiger charge is 2.07. The van der Waals surface area contributed by atoms with Crippen LogP contribution in [0.1, 0.15) is 13.8 Å². The van der Waals surface area contributed by atoms with Crippen LogP contribution in [0.3, 0.4) is 0 Å². The Morgan fingerprint density at radius 2 is 2.27 bits per heavy atom. The Bertz CT molecular complexity index is 231. The van der Waals surface area contributed by atoms with E-state index >= 15 is 0 Å². The molecule has 0 spiro atoms. The molecule has 0 aliphatic rings. The number of hydrogen-bond donors (Lipinski definition) is 1. The lowest BCUT2D eigenvalue weighted by atomic mass is 10.4. The van der Waals surface area contributed by atoms with Crippen LogP contribution >= 0.6 is 11.3 Å². The maximum Gasteiger partial charge on any atom is 0.187 e. The summed E-state index contributed by atoms with van der Waals surface area (Å²) in [6.45, 7) is 4.25. The third-order valence-electron chi connectivity index (χ3n) is 1.59. The van der Waals surface area contributed by atoms with Crippen LogP contribution in [-0.4, -0.2) is 18.1 Å².